The summed E-state index contributed by atoms with van der Waals surface area (Å²) in [7, 11) is -2.27. The summed E-state index contributed by atoms with van der Waals surface area (Å²) in [4.78, 5) is 0.0390. The van der Waals surface area contributed by atoms with Crippen molar-refractivity contribution in [2.45, 2.75) is 18.4 Å². The second-order valence-corrected chi connectivity index (χ2v) is 6.46. The minimum absolute atomic E-state index is 0.0390. The summed E-state index contributed by atoms with van der Waals surface area (Å²) in [6.07, 6.45) is 0. The number of methoxy groups -OCH3 is 1. The second-order valence-electron chi connectivity index (χ2n) is 4.72. The topological polar surface area (TPSA) is 81.4 Å². The third-order valence-electron chi connectivity index (χ3n) is 3.06. The van der Waals surface area contributed by atoms with Gasteiger partial charge in [0.2, 0.25) is 10.0 Å². The van der Waals surface area contributed by atoms with Crippen LogP contribution in [0.1, 0.15) is 11.1 Å². The number of ether oxygens (including phenoxy) is 1. The first-order valence-corrected chi connectivity index (χ1v) is 7.89. The number of benzene rings is 2. The molecule has 0 aliphatic carbocycles. The van der Waals surface area contributed by atoms with E-state index in [2.05, 4.69) is 4.72 Å². The molecule has 0 atom stereocenters. The van der Waals surface area contributed by atoms with Crippen molar-refractivity contribution in [2.24, 2.45) is 0 Å². The SMILES string of the molecule is COc1ccc(N)cc1S(=O)(=O)NCc1ccc(C)cc1. The average Bonchev–Trinajstić information content (AvgIpc) is 2.47. The van der Waals surface area contributed by atoms with Crippen LogP contribution >= 0.6 is 0 Å². The van der Waals surface area contributed by atoms with Gasteiger partial charge in [-0.1, -0.05) is 29.8 Å². The Kier molecular flexibility index (Phi) is 4.50. The molecule has 21 heavy (non-hydrogen) atoms. The van der Waals surface area contributed by atoms with Crippen molar-refractivity contribution in [3.8, 4) is 5.75 Å². The molecule has 0 aliphatic rings. The van der Waals surface area contributed by atoms with Crippen LogP contribution in [-0.2, 0) is 16.6 Å². The lowest BCUT2D eigenvalue weighted by atomic mass is 10.2. The normalized spacial score (nSPS) is 11.3. The maximum atomic E-state index is 12.4. The van der Waals surface area contributed by atoms with Gasteiger partial charge in [-0.05, 0) is 30.7 Å². The van der Waals surface area contributed by atoms with E-state index < -0.39 is 10.0 Å². The zero-order valence-corrected chi connectivity index (χ0v) is 12.8. The van der Waals surface area contributed by atoms with Crippen molar-refractivity contribution in [3.05, 3.63) is 53.6 Å². The zero-order chi connectivity index (χ0) is 15.5. The quantitative estimate of drug-likeness (QED) is 0.829. The van der Waals surface area contributed by atoms with E-state index in [9.17, 15) is 8.42 Å². The van der Waals surface area contributed by atoms with Crippen LogP contribution < -0.4 is 15.2 Å². The minimum atomic E-state index is -3.69. The molecule has 0 bridgehead atoms. The van der Waals surface area contributed by atoms with Gasteiger partial charge in [0.05, 0.1) is 7.11 Å². The molecule has 0 aromatic heterocycles. The van der Waals surface area contributed by atoms with Crippen LogP contribution in [0.15, 0.2) is 47.4 Å². The molecule has 5 nitrogen and oxygen atoms in total. The smallest absolute Gasteiger partial charge is 0.244 e. The zero-order valence-electron chi connectivity index (χ0n) is 12.0. The van der Waals surface area contributed by atoms with Gasteiger partial charge in [0.15, 0.2) is 0 Å². The Morgan fingerprint density at radius 3 is 2.43 bits per heavy atom. The second kappa shape index (κ2) is 6.15. The Hall–Kier alpha value is -2.05. The summed E-state index contributed by atoms with van der Waals surface area (Å²) in [6, 6.07) is 12.2. The van der Waals surface area contributed by atoms with Crippen LogP contribution in [0.4, 0.5) is 5.69 Å². The van der Waals surface area contributed by atoms with Gasteiger partial charge in [0.25, 0.3) is 0 Å². The number of nitrogens with two attached hydrogens (primary N) is 1. The highest BCUT2D eigenvalue weighted by molar-refractivity contribution is 7.89. The Labute approximate surface area is 124 Å². The number of anilines is 1. The van der Waals surface area contributed by atoms with Crippen molar-refractivity contribution < 1.29 is 13.2 Å². The fraction of sp³-hybridized carbons (Fsp3) is 0.200. The Balaban J connectivity index is 2.22. The van der Waals surface area contributed by atoms with Gasteiger partial charge in [-0.25, -0.2) is 13.1 Å². The summed E-state index contributed by atoms with van der Waals surface area (Å²) in [5, 5.41) is 0. The molecule has 0 unspecified atom stereocenters. The summed E-state index contributed by atoms with van der Waals surface area (Å²) in [5.41, 5.74) is 8.03. The fourth-order valence-corrected chi connectivity index (χ4v) is 3.08. The summed E-state index contributed by atoms with van der Waals surface area (Å²) < 4.78 is 32.3. The molecule has 2 aromatic carbocycles. The minimum Gasteiger partial charge on any atom is -0.495 e. The molecule has 2 aromatic rings. The highest BCUT2D eigenvalue weighted by Gasteiger charge is 2.19. The molecule has 0 spiro atoms. The number of aryl methyl sites for hydroxylation is 1. The third-order valence-corrected chi connectivity index (χ3v) is 4.49. The first-order valence-electron chi connectivity index (χ1n) is 6.41. The Morgan fingerprint density at radius 2 is 1.81 bits per heavy atom. The number of nitrogens with one attached hydrogen (secondary N) is 1. The van der Waals surface area contributed by atoms with Crippen LogP contribution in [0.3, 0.4) is 0 Å². The highest BCUT2D eigenvalue weighted by Crippen LogP contribution is 2.25. The molecule has 0 fully saturated rings. The molecule has 0 heterocycles. The molecular formula is C15H18N2O3S. The average molecular weight is 306 g/mol. The highest BCUT2D eigenvalue weighted by atomic mass is 32.2. The predicted molar refractivity (Wildman–Crippen MR) is 82.6 cm³/mol. The van der Waals surface area contributed by atoms with Crippen molar-refractivity contribution in [1.29, 1.82) is 0 Å². The van der Waals surface area contributed by atoms with E-state index in [1.54, 1.807) is 6.07 Å². The fourth-order valence-electron chi connectivity index (χ4n) is 1.87. The van der Waals surface area contributed by atoms with E-state index in [0.29, 0.717) is 5.69 Å². The van der Waals surface area contributed by atoms with Gasteiger partial charge in [-0.2, -0.15) is 0 Å². The van der Waals surface area contributed by atoms with Crippen molar-refractivity contribution in [2.75, 3.05) is 12.8 Å². The first-order chi connectivity index (χ1) is 9.92. The number of hydrogen-bond donors (Lipinski definition) is 2. The first kappa shape index (κ1) is 15.3. The molecule has 0 saturated carbocycles. The van der Waals surface area contributed by atoms with E-state index in [-0.39, 0.29) is 17.2 Å². The molecule has 6 heteroatoms. The van der Waals surface area contributed by atoms with Gasteiger partial charge >= 0.3 is 0 Å². The van der Waals surface area contributed by atoms with E-state index in [1.807, 2.05) is 31.2 Å². The van der Waals surface area contributed by atoms with E-state index in [1.165, 1.54) is 19.2 Å². The molecule has 0 saturated heterocycles. The maximum Gasteiger partial charge on any atom is 0.244 e. The van der Waals surface area contributed by atoms with E-state index in [0.717, 1.165) is 11.1 Å². The lowest BCUT2D eigenvalue weighted by Gasteiger charge is -2.11. The molecule has 3 N–H and O–H groups in total. The molecular weight excluding hydrogens is 288 g/mol. The summed E-state index contributed by atoms with van der Waals surface area (Å²) in [5.74, 6) is 0.264. The van der Waals surface area contributed by atoms with E-state index >= 15 is 0 Å². The summed E-state index contributed by atoms with van der Waals surface area (Å²) >= 11 is 0. The van der Waals surface area contributed by atoms with Crippen LogP contribution in [0.25, 0.3) is 0 Å². The van der Waals surface area contributed by atoms with Crippen molar-refractivity contribution in [3.63, 3.8) is 0 Å². The van der Waals surface area contributed by atoms with Gasteiger partial charge in [-0.15, -0.1) is 0 Å². The third kappa shape index (κ3) is 3.74. The maximum absolute atomic E-state index is 12.4. The Morgan fingerprint density at radius 1 is 1.14 bits per heavy atom. The molecule has 2 rings (SSSR count). The molecule has 0 amide bonds. The van der Waals surface area contributed by atoms with Crippen LogP contribution in [-0.4, -0.2) is 15.5 Å². The van der Waals surface area contributed by atoms with Crippen LogP contribution in [0.5, 0.6) is 5.75 Å². The molecule has 112 valence electrons. The van der Waals surface area contributed by atoms with Crippen LogP contribution in [0, 0.1) is 6.92 Å². The predicted octanol–water partition coefficient (Wildman–Crippen LogP) is 2.06. The monoisotopic (exact) mass is 306 g/mol. The number of rotatable bonds is 5. The van der Waals surface area contributed by atoms with Gasteiger partial charge < -0.3 is 10.5 Å². The standard InChI is InChI=1S/C15H18N2O3S/c1-11-3-5-12(6-4-11)10-17-21(18,19)15-9-13(16)7-8-14(15)20-2/h3-9,17H,10,16H2,1-2H3. The van der Waals surface area contributed by atoms with Crippen LogP contribution in [0.2, 0.25) is 0 Å². The van der Waals surface area contributed by atoms with Crippen molar-refractivity contribution in [1.82, 2.24) is 4.72 Å². The number of hydrogen-bond acceptors (Lipinski definition) is 4. The number of nitrogen functional groups attached to an aromatic ring is 1. The van der Waals surface area contributed by atoms with E-state index in [4.69, 9.17) is 10.5 Å². The van der Waals surface area contributed by atoms with Crippen molar-refractivity contribution >= 4 is 15.7 Å². The van der Waals surface area contributed by atoms with Gasteiger partial charge in [0, 0.05) is 12.2 Å². The number of sulfonamides is 1. The lowest BCUT2D eigenvalue weighted by molar-refractivity contribution is 0.402. The van der Waals surface area contributed by atoms with Gasteiger partial charge in [-0.3, -0.25) is 0 Å². The largest absolute Gasteiger partial charge is 0.495 e. The molecule has 0 aliphatic heterocycles. The lowest BCUT2D eigenvalue weighted by Crippen LogP contribution is -2.23. The Bertz CT molecular complexity index is 725. The molecule has 0 radical (unpaired) electrons. The summed E-state index contributed by atoms with van der Waals surface area (Å²) in [6.45, 7) is 2.19. The van der Waals surface area contributed by atoms with Gasteiger partial charge in [0.1, 0.15) is 10.6 Å².